The second kappa shape index (κ2) is 7.59. The average molecular weight is 395 g/mol. The van der Waals surface area contributed by atoms with Crippen LogP contribution in [-0.2, 0) is 13.6 Å². The van der Waals surface area contributed by atoms with E-state index in [0.29, 0.717) is 17.1 Å². The van der Waals surface area contributed by atoms with Crippen LogP contribution in [0.5, 0.6) is 0 Å². The Morgan fingerprint density at radius 1 is 1.42 bits per heavy atom. The second-order valence-corrected chi connectivity index (χ2v) is 7.67. The van der Waals surface area contributed by atoms with Gasteiger partial charge in [-0.2, -0.15) is 0 Å². The highest BCUT2D eigenvalue weighted by molar-refractivity contribution is 6.30. The number of nitrogens with zero attached hydrogens (tertiary/aromatic N) is 3. The van der Waals surface area contributed by atoms with E-state index in [4.69, 9.17) is 11.6 Å². The van der Waals surface area contributed by atoms with E-state index in [0.717, 1.165) is 38.2 Å². The summed E-state index contributed by atoms with van der Waals surface area (Å²) < 4.78 is 1.98. The van der Waals surface area contributed by atoms with Crippen LogP contribution in [0.2, 0.25) is 5.02 Å². The standard InChI is InChI=1S/C19H23ClN4O.ClH/c1-23-10-9-22-17(23)13-24(16-12-19(16)5-7-21-8-6-19)18(25)14-3-2-4-15(20)11-14;/h2-4,9-11,16,21H,5-8,12-13H2,1H3;1H. The smallest absolute Gasteiger partial charge is 0.254 e. The number of halogens is 2. The minimum atomic E-state index is 0. The number of carbonyl (C=O) groups is 1. The summed E-state index contributed by atoms with van der Waals surface area (Å²) in [7, 11) is 1.97. The number of hydrogen-bond acceptors (Lipinski definition) is 3. The summed E-state index contributed by atoms with van der Waals surface area (Å²) in [5.41, 5.74) is 0.933. The van der Waals surface area contributed by atoms with E-state index in [2.05, 4.69) is 10.3 Å². The molecule has 2 fully saturated rings. The Kier molecular flexibility index (Phi) is 5.61. The molecule has 1 saturated carbocycles. The third-order valence-corrected chi connectivity index (χ3v) is 5.92. The second-order valence-electron chi connectivity index (χ2n) is 7.23. The van der Waals surface area contributed by atoms with Crippen molar-refractivity contribution in [3.05, 3.63) is 53.1 Å². The van der Waals surface area contributed by atoms with E-state index in [1.165, 1.54) is 0 Å². The zero-order chi connectivity index (χ0) is 17.4. The first-order valence-corrected chi connectivity index (χ1v) is 9.20. The number of rotatable bonds is 4. The number of hydrogen-bond donors (Lipinski definition) is 1. The topological polar surface area (TPSA) is 50.2 Å². The molecule has 26 heavy (non-hydrogen) atoms. The van der Waals surface area contributed by atoms with Crippen LogP contribution in [0, 0.1) is 5.41 Å². The van der Waals surface area contributed by atoms with Gasteiger partial charge in [0, 0.05) is 36.1 Å². The van der Waals surface area contributed by atoms with Crippen LogP contribution in [0.3, 0.4) is 0 Å². The lowest BCUT2D eigenvalue weighted by Gasteiger charge is -2.29. The molecule has 140 valence electrons. The minimum absolute atomic E-state index is 0. The quantitative estimate of drug-likeness (QED) is 0.865. The molecule has 0 radical (unpaired) electrons. The van der Waals surface area contributed by atoms with Gasteiger partial charge in [-0.05, 0) is 56.0 Å². The molecule has 1 spiro atoms. The molecular weight excluding hydrogens is 371 g/mol. The summed E-state index contributed by atoms with van der Waals surface area (Å²) in [6.45, 7) is 2.62. The van der Waals surface area contributed by atoms with Crippen molar-refractivity contribution in [3.8, 4) is 0 Å². The van der Waals surface area contributed by atoms with E-state index in [9.17, 15) is 4.79 Å². The predicted molar refractivity (Wildman–Crippen MR) is 105 cm³/mol. The van der Waals surface area contributed by atoms with Crippen LogP contribution < -0.4 is 5.32 Å². The summed E-state index contributed by atoms with van der Waals surface area (Å²) in [6.07, 6.45) is 7.07. The first-order valence-electron chi connectivity index (χ1n) is 8.82. The van der Waals surface area contributed by atoms with Crippen molar-refractivity contribution in [2.45, 2.75) is 31.8 Å². The largest absolute Gasteiger partial charge is 0.337 e. The highest BCUT2D eigenvalue weighted by Crippen LogP contribution is 2.56. The molecule has 1 aromatic heterocycles. The molecule has 2 aliphatic rings. The Hall–Kier alpha value is -1.56. The number of amides is 1. The summed E-state index contributed by atoms with van der Waals surface area (Å²) >= 11 is 6.10. The van der Waals surface area contributed by atoms with Crippen molar-refractivity contribution in [1.29, 1.82) is 0 Å². The SMILES string of the molecule is Cl.Cn1ccnc1CN(C(=O)c1cccc(Cl)c1)C1CC12CCNCC2. The van der Waals surface area contributed by atoms with Crippen molar-refractivity contribution < 1.29 is 4.79 Å². The molecule has 0 bridgehead atoms. The fourth-order valence-corrected chi connectivity index (χ4v) is 4.23. The third-order valence-electron chi connectivity index (χ3n) is 5.69. The number of aryl methyl sites for hydroxylation is 1. The van der Waals surface area contributed by atoms with Crippen LogP contribution in [0.1, 0.15) is 35.4 Å². The Morgan fingerprint density at radius 2 is 2.19 bits per heavy atom. The molecule has 1 aromatic carbocycles. The van der Waals surface area contributed by atoms with Gasteiger partial charge < -0.3 is 14.8 Å². The molecule has 1 aliphatic heterocycles. The van der Waals surface area contributed by atoms with E-state index in [1.807, 2.05) is 34.8 Å². The molecule has 1 aliphatic carbocycles. The molecule has 5 nitrogen and oxygen atoms in total. The maximum Gasteiger partial charge on any atom is 0.254 e. The van der Waals surface area contributed by atoms with Crippen LogP contribution in [0.4, 0.5) is 0 Å². The minimum Gasteiger partial charge on any atom is -0.337 e. The number of nitrogens with one attached hydrogen (secondary N) is 1. The Balaban J connectivity index is 0.00000196. The summed E-state index contributed by atoms with van der Waals surface area (Å²) in [4.78, 5) is 19.7. The lowest BCUT2D eigenvalue weighted by molar-refractivity contribution is 0.0685. The van der Waals surface area contributed by atoms with Crippen molar-refractivity contribution >= 4 is 29.9 Å². The number of imidazole rings is 1. The summed E-state index contributed by atoms with van der Waals surface area (Å²) in [5.74, 6) is 0.956. The van der Waals surface area contributed by atoms with Crippen LogP contribution >= 0.6 is 24.0 Å². The van der Waals surface area contributed by atoms with Gasteiger partial charge in [-0.1, -0.05) is 17.7 Å². The zero-order valence-electron chi connectivity index (χ0n) is 14.8. The monoisotopic (exact) mass is 394 g/mol. The van der Waals surface area contributed by atoms with Crippen molar-refractivity contribution in [3.63, 3.8) is 0 Å². The summed E-state index contributed by atoms with van der Waals surface area (Å²) in [6, 6.07) is 7.52. The van der Waals surface area contributed by atoms with Gasteiger partial charge in [0.25, 0.3) is 5.91 Å². The zero-order valence-corrected chi connectivity index (χ0v) is 16.4. The highest BCUT2D eigenvalue weighted by atomic mass is 35.5. The van der Waals surface area contributed by atoms with Gasteiger partial charge in [0.15, 0.2) is 0 Å². The molecule has 4 rings (SSSR count). The fraction of sp³-hybridized carbons (Fsp3) is 0.474. The Labute approximate surface area is 165 Å². The van der Waals surface area contributed by atoms with Gasteiger partial charge in [0.05, 0.1) is 6.54 Å². The summed E-state index contributed by atoms with van der Waals surface area (Å²) in [5, 5.41) is 4.02. The first-order chi connectivity index (χ1) is 12.1. The Morgan fingerprint density at radius 3 is 2.85 bits per heavy atom. The van der Waals surface area contributed by atoms with Crippen molar-refractivity contribution in [1.82, 2.24) is 19.8 Å². The van der Waals surface area contributed by atoms with E-state index in [-0.39, 0.29) is 29.8 Å². The van der Waals surface area contributed by atoms with Gasteiger partial charge >= 0.3 is 0 Å². The molecule has 1 amide bonds. The van der Waals surface area contributed by atoms with E-state index >= 15 is 0 Å². The normalized spacial score (nSPS) is 20.5. The maximum absolute atomic E-state index is 13.3. The molecule has 1 atom stereocenters. The predicted octanol–water partition coefficient (Wildman–Crippen LogP) is 3.28. The lowest BCUT2D eigenvalue weighted by Crippen LogP contribution is -2.39. The number of carbonyl (C=O) groups excluding carboxylic acids is 1. The molecule has 2 heterocycles. The number of benzene rings is 1. The maximum atomic E-state index is 13.3. The highest BCUT2D eigenvalue weighted by Gasteiger charge is 2.57. The molecule has 1 N–H and O–H groups in total. The average Bonchev–Trinajstić information content (AvgIpc) is 3.13. The van der Waals surface area contributed by atoms with Crippen molar-refractivity contribution in [2.24, 2.45) is 12.5 Å². The van der Waals surface area contributed by atoms with E-state index in [1.54, 1.807) is 18.3 Å². The van der Waals surface area contributed by atoms with Crippen LogP contribution in [0.15, 0.2) is 36.7 Å². The molecule has 2 aromatic rings. The van der Waals surface area contributed by atoms with Crippen molar-refractivity contribution in [2.75, 3.05) is 13.1 Å². The Bertz CT molecular complexity index is 785. The molecular formula is C19H24Cl2N4O. The van der Waals surface area contributed by atoms with Crippen LogP contribution in [-0.4, -0.2) is 39.5 Å². The van der Waals surface area contributed by atoms with E-state index < -0.39 is 0 Å². The van der Waals surface area contributed by atoms with Gasteiger partial charge in [0.1, 0.15) is 5.82 Å². The van der Waals surface area contributed by atoms with Gasteiger partial charge in [-0.25, -0.2) is 4.98 Å². The lowest BCUT2D eigenvalue weighted by atomic mass is 9.93. The molecule has 1 saturated heterocycles. The first kappa shape index (κ1) is 19.2. The number of aromatic nitrogens is 2. The number of piperidine rings is 1. The van der Waals surface area contributed by atoms with Crippen LogP contribution in [0.25, 0.3) is 0 Å². The van der Waals surface area contributed by atoms with Gasteiger partial charge in [-0.3, -0.25) is 4.79 Å². The molecule has 7 heteroatoms. The van der Waals surface area contributed by atoms with Gasteiger partial charge in [0.2, 0.25) is 0 Å². The van der Waals surface area contributed by atoms with Gasteiger partial charge in [-0.15, -0.1) is 12.4 Å². The third kappa shape index (κ3) is 3.61. The molecule has 1 unspecified atom stereocenters. The fourth-order valence-electron chi connectivity index (χ4n) is 4.04.